The minimum atomic E-state index is -0.669. The average Bonchev–Trinajstić information content (AvgIpc) is 3.51. The van der Waals surface area contributed by atoms with Gasteiger partial charge in [-0.3, -0.25) is 9.59 Å². The van der Waals surface area contributed by atoms with Crippen LogP contribution >= 0.6 is 22.9 Å². The van der Waals surface area contributed by atoms with Gasteiger partial charge < -0.3 is 25.3 Å². The summed E-state index contributed by atoms with van der Waals surface area (Å²) in [6, 6.07) is 16.9. The Morgan fingerprint density at radius 3 is 2.72 bits per heavy atom. The summed E-state index contributed by atoms with van der Waals surface area (Å²) in [5.41, 5.74) is 2.53. The van der Waals surface area contributed by atoms with E-state index in [4.69, 9.17) is 11.6 Å². The quantitative estimate of drug-likeness (QED) is 0.242. The first-order valence-electron chi connectivity index (χ1n) is 11.5. The molecule has 7 nitrogen and oxygen atoms in total. The van der Waals surface area contributed by atoms with Crippen molar-refractivity contribution in [3.63, 3.8) is 0 Å². The number of fused-ring (bicyclic) bond motifs is 2. The van der Waals surface area contributed by atoms with Crippen molar-refractivity contribution >= 4 is 50.0 Å². The number of aromatic amines is 1. The predicted octanol–water partition coefficient (Wildman–Crippen LogP) is 4.49. The van der Waals surface area contributed by atoms with E-state index in [0.29, 0.717) is 30.0 Å². The van der Waals surface area contributed by atoms with Crippen molar-refractivity contribution in [1.82, 2.24) is 20.2 Å². The first kappa shape index (κ1) is 24.3. The lowest BCUT2D eigenvalue weighted by Crippen LogP contribution is -2.29. The van der Waals surface area contributed by atoms with E-state index < -0.39 is 12.0 Å². The Labute approximate surface area is 216 Å². The van der Waals surface area contributed by atoms with Crippen molar-refractivity contribution in [2.24, 2.45) is 7.05 Å². The van der Waals surface area contributed by atoms with E-state index in [-0.39, 0.29) is 11.0 Å². The monoisotopic (exact) mass is 520 g/mol. The van der Waals surface area contributed by atoms with Crippen molar-refractivity contribution in [2.75, 3.05) is 6.54 Å². The lowest BCUT2D eigenvalue weighted by atomic mass is 10.1. The lowest BCUT2D eigenvalue weighted by Gasteiger charge is -2.10. The molecule has 3 heterocycles. The van der Waals surface area contributed by atoms with E-state index in [9.17, 15) is 14.7 Å². The molecule has 0 fully saturated rings. The average molecular weight is 521 g/mol. The molecule has 36 heavy (non-hydrogen) atoms. The summed E-state index contributed by atoms with van der Waals surface area (Å²) < 4.78 is 1.81. The molecule has 0 saturated carbocycles. The number of para-hydroxylation sites is 1. The Morgan fingerprint density at radius 1 is 1.14 bits per heavy atom. The zero-order valence-electron chi connectivity index (χ0n) is 19.5. The van der Waals surface area contributed by atoms with Gasteiger partial charge in [0.15, 0.2) is 0 Å². The Hall–Kier alpha value is -3.43. The molecule has 4 N–H and O–H groups in total. The van der Waals surface area contributed by atoms with Gasteiger partial charge in [-0.1, -0.05) is 41.9 Å². The number of benzene rings is 2. The molecule has 5 rings (SSSR count). The van der Waals surface area contributed by atoms with Gasteiger partial charge >= 0.3 is 0 Å². The number of halogens is 1. The largest absolute Gasteiger partial charge is 0.387 e. The number of aliphatic hydroxyl groups is 1. The fourth-order valence-corrected chi connectivity index (χ4v) is 5.44. The third-order valence-corrected chi connectivity index (χ3v) is 7.60. The third kappa shape index (κ3) is 4.94. The number of aromatic nitrogens is 2. The number of hydrogen-bond acceptors (Lipinski definition) is 5. The number of carbonyl (C=O) groups is 1. The minimum Gasteiger partial charge on any atom is -0.387 e. The molecular formula is C27H25ClN4O3S. The Kier molecular flexibility index (Phi) is 6.93. The topological polar surface area (TPSA) is 99.2 Å². The number of thiophene rings is 1. The Balaban J connectivity index is 1.27. The molecule has 1 unspecified atom stereocenters. The van der Waals surface area contributed by atoms with Gasteiger partial charge in [-0.2, -0.15) is 0 Å². The van der Waals surface area contributed by atoms with Crippen molar-refractivity contribution in [3.05, 3.63) is 104 Å². The third-order valence-electron chi connectivity index (χ3n) is 6.12. The molecular weight excluding hydrogens is 496 g/mol. The van der Waals surface area contributed by atoms with Crippen LogP contribution in [-0.4, -0.2) is 27.1 Å². The van der Waals surface area contributed by atoms with E-state index in [1.807, 2.05) is 60.3 Å². The van der Waals surface area contributed by atoms with Crippen LogP contribution in [0.1, 0.15) is 32.5 Å². The number of amides is 1. The molecule has 2 aromatic carbocycles. The first-order valence-corrected chi connectivity index (χ1v) is 12.7. The molecule has 184 valence electrons. The highest BCUT2D eigenvalue weighted by Crippen LogP contribution is 2.25. The SMILES string of the molecule is Cn1cc(C(=O)NCc2ccc(Cl)cc2)c(=O)c2cc(CNCC(O)c3c[nH]c4ccccc34)sc21. The minimum absolute atomic E-state index is 0.103. The van der Waals surface area contributed by atoms with Crippen LogP contribution in [0.4, 0.5) is 0 Å². The molecule has 0 aliphatic rings. The number of aliphatic hydroxyl groups excluding tert-OH is 1. The van der Waals surface area contributed by atoms with Crippen LogP contribution < -0.4 is 16.1 Å². The highest BCUT2D eigenvalue weighted by Gasteiger charge is 2.17. The second-order valence-electron chi connectivity index (χ2n) is 8.66. The molecule has 1 amide bonds. The molecule has 0 saturated heterocycles. The number of H-pyrrole nitrogens is 1. The van der Waals surface area contributed by atoms with E-state index in [1.165, 1.54) is 11.3 Å². The zero-order valence-corrected chi connectivity index (χ0v) is 21.1. The predicted molar refractivity (Wildman–Crippen MR) is 145 cm³/mol. The smallest absolute Gasteiger partial charge is 0.257 e. The summed E-state index contributed by atoms with van der Waals surface area (Å²) in [5, 5.41) is 18.9. The Morgan fingerprint density at radius 2 is 1.92 bits per heavy atom. The molecule has 3 aromatic heterocycles. The van der Waals surface area contributed by atoms with Crippen LogP contribution in [-0.2, 0) is 20.1 Å². The lowest BCUT2D eigenvalue weighted by molar-refractivity contribution is 0.0949. The number of nitrogens with zero attached hydrogens (tertiary/aromatic N) is 1. The van der Waals surface area contributed by atoms with E-state index >= 15 is 0 Å². The number of carbonyl (C=O) groups excluding carboxylic acids is 1. The summed E-state index contributed by atoms with van der Waals surface area (Å²) in [7, 11) is 1.83. The fourth-order valence-electron chi connectivity index (χ4n) is 4.25. The van der Waals surface area contributed by atoms with Crippen LogP contribution in [0.3, 0.4) is 0 Å². The van der Waals surface area contributed by atoms with Gasteiger partial charge in [-0.25, -0.2) is 0 Å². The second-order valence-corrected chi connectivity index (χ2v) is 10.2. The molecule has 9 heteroatoms. The molecule has 1 atom stereocenters. The van der Waals surface area contributed by atoms with Gasteiger partial charge in [-0.05, 0) is 29.8 Å². The van der Waals surface area contributed by atoms with E-state index in [1.54, 1.807) is 18.3 Å². The number of nitrogens with one attached hydrogen (secondary N) is 3. The van der Waals surface area contributed by atoms with Gasteiger partial charge in [0.1, 0.15) is 10.4 Å². The van der Waals surface area contributed by atoms with Crippen molar-refractivity contribution in [3.8, 4) is 0 Å². The molecule has 0 radical (unpaired) electrons. The van der Waals surface area contributed by atoms with Crippen LogP contribution in [0.25, 0.3) is 21.1 Å². The summed E-state index contributed by atoms with van der Waals surface area (Å²) >= 11 is 7.40. The first-order chi connectivity index (χ1) is 17.4. The summed E-state index contributed by atoms with van der Waals surface area (Å²) in [6.07, 6.45) is 2.74. The highest BCUT2D eigenvalue weighted by molar-refractivity contribution is 7.18. The van der Waals surface area contributed by atoms with Crippen LogP contribution in [0.2, 0.25) is 5.02 Å². The normalized spacial score (nSPS) is 12.3. The van der Waals surface area contributed by atoms with Crippen LogP contribution in [0.15, 0.2) is 71.8 Å². The molecule has 0 spiro atoms. The number of rotatable bonds is 8. The van der Waals surface area contributed by atoms with Crippen molar-refractivity contribution in [2.45, 2.75) is 19.2 Å². The van der Waals surface area contributed by atoms with E-state index in [2.05, 4.69) is 15.6 Å². The fraction of sp³-hybridized carbons (Fsp3) is 0.185. The zero-order chi connectivity index (χ0) is 25.2. The van der Waals surface area contributed by atoms with Crippen LogP contribution in [0, 0.1) is 0 Å². The summed E-state index contributed by atoms with van der Waals surface area (Å²) in [4.78, 5) is 30.8. The maximum absolute atomic E-state index is 13.1. The molecule has 5 aromatic rings. The van der Waals surface area contributed by atoms with Gasteiger partial charge in [0.05, 0.1) is 11.5 Å². The van der Waals surface area contributed by atoms with Crippen LogP contribution in [0.5, 0.6) is 0 Å². The molecule has 0 bridgehead atoms. The number of pyridine rings is 1. The van der Waals surface area contributed by atoms with Gasteiger partial charge in [0.2, 0.25) is 5.43 Å². The summed E-state index contributed by atoms with van der Waals surface area (Å²) in [6.45, 7) is 1.16. The van der Waals surface area contributed by atoms with Gasteiger partial charge in [-0.15, -0.1) is 11.3 Å². The Bertz CT molecular complexity index is 1600. The highest BCUT2D eigenvalue weighted by atomic mass is 35.5. The summed E-state index contributed by atoms with van der Waals surface area (Å²) in [5.74, 6) is -0.417. The maximum Gasteiger partial charge on any atom is 0.257 e. The molecule has 0 aliphatic heterocycles. The second kappa shape index (κ2) is 10.3. The van der Waals surface area contributed by atoms with Gasteiger partial charge in [0.25, 0.3) is 5.91 Å². The standard InChI is InChI=1S/C27H25ClN4O3S/c1-32-15-22(26(35)31-11-16-6-8-17(28)9-7-16)25(34)20-10-18(36-27(20)32)12-29-14-24(33)21-13-30-23-5-3-2-4-19(21)23/h2-10,13,15,24,29-30,33H,11-12,14H2,1H3,(H,31,35). The van der Waals surface area contributed by atoms with Crippen molar-refractivity contribution < 1.29 is 9.90 Å². The number of aryl methyl sites for hydroxylation is 1. The van der Waals surface area contributed by atoms with Crippen molar-refractivity contribution in [1.29, 1.82) is 0 Å². The van der Waals surface area contributed by atoms with E-state index in [0.717, 1.165) is 31.7 Å². The maximum atomic E-state index is 13.1. The molecule has 0 aliphatic carbocycles. The number of hydrogen-bond donors (Lipinski definition) is 4. The van der Waals surface area contributed by atoms with Gasteiger partial charge in [0, 0.05) is 65.4 Å².